The van der Waals surface area contributed by atoms with Crippen LogP contribution in [0.25, 0.3) is 0 Å². The first kappa shape index (κ1) is 11.7. The molecule has 1 heteroatoms. The van der Waals surface area contributed by atoms with Gasteiger partial charge in [0.1, 0.15) is 0 Å². The van der Waals surface area contributed by atoms with Gasteiger partial charge in [-0.25, -0.2) is 0 Å². The Bertz CT molecular complexity index is 108. The van der Waals surface area contributed by atoms with E-state index in [1.165, 1.54) is 25.7 Å². The molecule has 0 aliphatic heterocycles. The van der Waals surface area contributed by atoms with Crippen LogP contribution >= 0.6 is 0 Å². The third-order valence-corrected chi connectivity index (χ3v) is 2.10. The molecule has 0 aromatic carbocycles. The molecule has 0 saturated carbocycles. The molecule has 0 fully saturated rings. The normalized spacial score (nSPS) is 13.9. The molecule has 0 bridgehead atoms. The Kier molecular flexibility index (Phi) is 8.57. The van der Waals surface area contributed by atoms with E-state index in [4.69, 9.17) is 5.73 Å². The fourth-order valence-electron chi connectivity index (χ4n) is 1.07. The van der Waals surface area contributed by atoms with Crippen LogP contribution in [0.4, 0.5) is 0 Å². The average molecular weight is 169 g/mol. The van der Waals surface area contributed by atoms with E-state index in [1.807, 2.05) is 0 Å². The highest BCUT2D eigenvalue weighted by Gasteiger charge is 1.92. The Balaban J connectivity index is 3.13. The van der Waals surface area contributed by atoms with Crippen LogP contribution in [0.15, 0.2) is 12.2 Å². The zero-order valence-electron chi connectivity index (χ0n) is 8.55. The van der Waals surface area contributed by atoms with Crippen LogP contribution < -0.4 is 5.73 Å². The van der Waals surface area contributed by atoms with Crippen LogP contribution in [0.5, 0.6) is 0 Å². The third-order valence-electron chi connectivity index (χ3n) is 2.10. The second-order valence-electron chi connectivity index (χ2n) is 3.37. The van der Waals surface area contributed by atoms with Gasteiger partial charge >= 0.3 is 0 Å². The minimum Gasteiger partial charge on any atom is -0.327 e. The molecule has 0 rings (SSSR count). The van der Waals surface area contributed by atoms with E-state index in [9.17, 15) is 0 Å². The lowest BCUT2D eigenvalue weighted by atomic mass is 10.1. The first-order chi connectivity index (χ1) is 5.81. The van der Waals surface area contributed by atoms with E-state index in [0.29, 0.717) is 6.04 Å². The van der Waals surface area contributed by atoms with Gasteiger partial charge in [-0.3, -0.25) is 0 Å². The highest BCUT2D eigenvalue weighted by molar-refractivity contribution is 4.84. The summed E-state index contributed by atoms with van der Waals surface area (Å²) >= 11 is 0. The summed E-state index contributed by atoms with van der Waals surface area (Å²) in [7, 11) is 0. The van der Waals surface area contributed by atoms with Gasteiger partial charge in [-0.05, 0) is 25.7 Å². The summed E-state index contributed by atoms with van der Waals surface area (Å²) in [6.45, 7) is 4.37. The lowest BCUT2D eigenvalue weighted by Crippen LogP contribution is -2.16. The second-order valence-corrected chi connectivity index (χ2v) is 3.37. The fourth-order valence-corrected chi connectivity index (χ4v) is 1.07. The van der Waals surface area contributed by atoms with Gasteiger partial charge < -0.3 is 5.73 Å². The summed E-state index contributed by atoms with van der Waals surface area (Å²) in [4.78, 5) is 0. The topological polar surface area (TPSA) is 26.0 Å². The molecule has 0 spiro atoms. The Morgan fingerprint density at radius 2 is 1.92 bits per heavy atom. The van der Waals surface area contributed by atoms with Gasteiger partial charge in [-0.1, -0.05) is 38.8 Å². The van der Waals surface area contributed by atoms with Crippen LogP contribution in [-0.4, -0.2) is 6.04 Å². The molecule has 1 unspecified atom stereocenters. The van der Waals surface area contributed by atoms with Crippen molar-refractivity contribution in [3.05, 3.63) is 12.2 Å². The standard InChI is InChI=1S/C11H23N/c1-3-5-6-7-8-9-10-11(12)4-2/h8-9,11H,3-7,10,12H2,1-2H3. The molecule has 2 N–H and O–H groups in total. The largest absolute Gasteiger partial charge is 0.327 e. The molecule has 0 aliphatic rings. The van der Waals surface area contributed by atoms with E-state index in [1.54, 1.807) is 0 Å². The lowest BCUT2D eigenvalue weighted by Gasteiger charge is -2.02. The van der Waals surface area contributed by atoms with E-state index in [-0.39, 0.29) is 0 Å². The van der Waals surface area contributed by atoms with E-state index >= 15 is 0 Å². The third kappa shape index (κ3) is 7.80. The number of nitrogens with two attached hydrogens (primary N) is 1. The van der Waals surface area contributed by atoms with Crippen LogP contribution in [0.3, 0.4) is 0 Å². The zero-order valence-corrected chi connectivity index (χ0v) is 8.55. The van der Waals surface area contributed by atoms with Crippen LogP contribution in [-0.2, 0) is 0 Å². The maximum atomic E-state index is 5.76. The SMILES string of the molecule is CCCCCC=CCC(N)CC. The summed E-state index contributed by atoms with van der Waals surface area (Å²) in [5.74, 6) is 0. The van der Waals surface area contributed by atoms with Gasteiger partial charge in [0.15, 0.2) is 0 Å². The first-order valence-corrected chi connectivity index (χ1v) is 5.21. The molecule has 0 amide bonds. The molecule has 72 valence electrons. The number of allylic oxidation sites excluding steroid dienone is 1. The summed E-state index contributed by atoms with van der Waals surface area (Å²) in [6, 6.07) is 0.368. The molecule has 1 atom stereocenters. The van der Waals surface area contributed by atoms with Crippen LogP contribution in [0.1, 0.15) is 52.4 Å². The maximum Gasteiger partial charge on any atom is 0.00707 e. The number of hydrogen-bond donors (Lipinski definition) is 1. The lowest BCUT2D eigenvalue weighted by molar-refractivity contribution is 0.656. The predicted molar refractivity (Wildman–Crippen MR) is 56.2 cm³/mol. The molecule has 0 heterocycles. The summed E-state index contributed by atoms with van der Waals surface area (Å²) in [5.41, 5.74) is 5.76. The molecule has 0 aromatic rings. The van der Waals surface area contributed by atoms with Crippen molar-refractivity contribution in [1.82, 2.24) is 0 Å². The minimum atomic E-state index is 0.368. The highest BCUT2D eigenvalue weighted by atomic mass is 14.6. The van der Waals surface area contributed by atoms with Crippen LogP contribution in [0.2, 0.25) is 0 Å². The van der Waals surface area contributed by atoms with Gasteiger partial charge in [-0.2, -0.15) is 0 Å². The van der Waals surface area contributed by atoms with Crippen molar-refractivity contribution in [2.75, 3.05) is 0 Å². The van der Waals surface area contributed by atoms with E-state index in [2.05, 4.69) is 26.0 Å². The summed E-state index contributed by atoms with van der Waals surface area (Å²) in [6.07, 6.45) is 11.8. The van der Waals surface area contributed by atoms with Gasteiger partial charge in [0.25, 0.3) is 0 Å². The van der Waals surface area contributed by atoms with Crippen molar-refractivity contribution in [2.24, 2.45) is 5.73 Å². The van der Waals surface area contributed by atoms with Gasteiger partial charge in [0.05, 0.1) is 0 Å². The zero-order chi connectivity index (χ0) is 9.23. The van der Waals surface area contributed by atoms with Crippen molar-refractivity contribution in [3.8, 4) is 0 Å². The van der Waals surface area contributed by atoms with E-state index in [0.717, 1.165) is 12.8 Å². The molecule has 0 saturated heterocycles. The summed E-state index contributed by atoms with van der Waals surface area (Å²) in [5, 5.41) is 0. The Morgan fingerprint density at radius 1 is 1.17 bits per heavy atom. The highest BCUT2D eigenvalue weighted by Crippen LogP contribution is 2.01. The number of hydrogen-bond acceptors (Lipinski definition) is 1. The molecular formula is C11H23N. The fraction of sp³-hybridized carbons (Fsp3) is 0.818. The molecular weight excluding hydrogens is 146 g/mol. The first-order valence-electron chi connectivity index (χ1n) is 5.21. The Morgan fingerprint density at radius 3 is 2.50 bits per heavy atom. The molecule has 0 aliphatic carbocycles. The van der Waals surface area contributed by atoms with Crippen molar-refractivity contribution in [3.63, 3.8) is 0 Å². The Hall–Kier alpha value is -0.300. The quantitative estimate of drug-likeness (QED) is 0.459. The number of unbranched alkanes of at least 4 members (excludes halogenated alkanes) is 3. The predicted octanol–water partition coefficient (Wildman–Crippen LogP) is 3.25. The van der Waals surface area contributed by atoms with Crippen molar-refractivity contribution >= 4 is 0 Å². The van der Waals surface area contributed by atoms with Gasteiger partial charge in [0.2, 0.25) is 0 Å². The minimum absolute atomic E-state index is 0.368. The van der Waals surface area contributed by atoms with Crippen LogP contribution in [0, 0.1) is 0 Å². The average Bonchev–Trinajstić information content (AvgIpc) is 2.10. The van der Waals surface area contributed by atoms with Crippen molar-refractivity contribution in [1.29, 1.82) is 0 Å². The smallest absolute Gasteiger partial charge is 0.00707 e. The van der Waals surface area contributed by atoms with Gasteiger partial charge in [0, 0.05) is 6.04 Å². The van der Waals surface area contributed by atoms with Gasteiger partial charge in [-0.15, -0.1) is 0 Å². The van der Waals surface area contributed by atoms with Crippen molar-refractivity contribution in [2.45, 2.75) is 58.4 Å². The Labute approximate surface area is 77.0 Å². The second kappa shape index (κ2) is 8.79. The molecule has 0 aromatic heterocycles. The molecule has 1 nitrogen and oxygen atoms in total. The number of rotatable bonds is 7. The van der Waals surface area contributed by atoms with Crippen molar-refractivity contribution < 1.29 is 0 Å². The van der Waals surface area contributed by atoms with E-state index < -0.39 is 0 Å². The molecule has 12 heavy (non-hydrogen) atoms. The maximum absolute atomic E-state index is 5.76. The monoisotopic (exact) mass is 169 g/mol. The molecule has 0 radical (unpaired) electrons. The summed E-state index contributed by atoms with van der Waals surface area (Å²) < 4.78 is 0.